The molecule has 0 bridgehead atoms. The van der Waals surface area contributed by atoms with Gasteiger partial charge in [-0.25, -0.2) is 4.39 Å². The van der Waals surface area contributed by atoms with Gasteiger partial charge in [0.1, 0.15) is 5.82 Å². The van der Waals surface area contributed by atoms with Gasteiger partial charge in [0, 0.05) is 11.3 Å². The molecule has 1 aliphatic carbocycles. The molecule has 0 aromatic heterocycles. The van der Waals surface area contributed by atoms with Crippen molar-refractivity contribution in [3.8, 4) is 0 Å². The van der Waals surface area contributed by atoms with E-state index in [4.69, 9.17) is 0 Å². The molecule has 0 spiro atoms. The van der Waals surface area contributed by atoms with Crippen molar-refractivity contribution < 1.29 is 9.50 Å². The second-order valence-electron chi connectivity index (χ2n) is 4.16. The Hall–Kier alpha value is -1.09. The van der Waals surface area contributed by atoms with Crippen molar-refractivity contribution in [3.05, 3.63) is 29.6 Å². The average molecular weight is 209 g/mol. The van der Waals surface area contributed by atoms with Crippen molar-refractivity contribution >= 4 is 5.69 Å². The lowest BCUT2D eigenvalue weighted by atomic mass is 10.1. The number of hydrogen-bond acceptors (Lipinski definition) is 2. The molecule has 2 rings (SSSR count). The molecule has 1 aromatic carbocycles. The van der Waals surface area contributed by atoms with Crippen LogP contribution in [0.25, 0.3) is 0 Å². The van der Waals surface area contributed by atoms with E-state index in [1.165, 1.54) is 6.07 Å². The lowest BCUT2D eigenvalue weighted by Gasteiger charge is -2.19. The summed E-state index contributed by atoms with van der Waals surface area (Å²) in [4.78, 5) is 0. The van der Waals surface area contributed by atoms with Gasteiger partial charge < -0.3 is 10.4 Å². The third-order valence-corrected chi connectivity index (χ3v) is 3.09. The largest absolute Gasteiger partial charge is 0.391 e. The standard InChI is InChI=1S/C12H16FNO/c1-8-9(13)4-2-5-10(8)14-11-6-3-7-12(11)15/h2,4-5,11-12,14-15H,3,6-7H2,1H3/t11-,12-/m1/s1. The number of aliphatic hydroxyl groups is 1. The number of rotatable bonds is 2. The van der Waals surface area contributed by atoms with Crippen LogP contribution in [0.3, 0.4) is 0 Å². The van der Waals surface area contributed by atoms with Gasteiger partial charge in [0.2, 0.25) is 0 Å². The van der Waals surface area contributed by atoms with Crippen LogP contribution in [0.1, 0.15) is 24.8 Å². The summed E-state index contributed by atoms with van der Waals surface area (Å²) < 4.78 is 13.2. The predicted molar refractivity (Wildman–Crippen MR) is 58.4 cm³/mol. The molecule has 82 valence electrons. The van der Waals surface area contributed by atoms with Crippen molar-refractivity contribution in [2.45, 2.75) is 38.3 Å². The van der Waals surface area contributed by atoms with E-state index in [0.29, 0.717) is 5.56 Å². The van der Waals surface area contributed by atoms with Crippen LogP contribution in [0.2, 0.25) is 0 Å². The summed E-state index contributed by atoms with van der Waals surface area (Å²) in [6.07, 6.45) is 2.53. The first-order valence-electron chi connectivity index (χ1n) is 5.38. The zero-order valence-electron chi connectivity index (χ0n) is 8.83. The first kappa shape index (κ1) is 10.4. The van der Waals surface area contributed by atoms with E-state index in [2.05, 4.69) is 5.32 Å². The fraction of sp³-hybridized carbons (Fsp3) is 0.500. The fourth-order valence-corrected chi connectivity index (χ4v) is 2.07. The van der Waals surface area contributed by atoms with Crippen LogP contribution >= 0.6 is 0 Å². The summed E-state index contributed by atoms with van der Waals surface area (Å²) >= 11 is 0. The molecule has 0 amide bonds. The van der Waals surface area contributed by atoms with E-state index < -0.39 is 0 Å². The average Bonchev–Trinajstić information content (AvgIpc) is 2.60. The molecule has 0 unspecified atom stereocenters. The van der Waals surface area contributed by atoms with Crippen LogP contribution in [0.5, 0.6) is 0 Å². The minimum absolute atomic E-state index is 0.0745. The molecule has 2 atom stereocenters. The Morgan fingerprint density at radius 1 is 1.40 bits per heavy atom. The SMILES string of the molecule is Cc1c(F)cccc1N[C@@H]1CCC[C@H]1O. The van der Waals surface area contributed by atoms with Gasteiger partial charge in [0.25, 0.3) is 0 Å². The topological polar surface area (TPSA) is 32.3 Å². The van der Waals surface area contributed by atoms with E-state index in [1.54, 1.807) is 13.0 Å². The van der Waals surface area contributed by atoms with Gasteiger partial charge in [0.15, 0.2) is 0 Å². The Balaban J connectivity index is 2.13. The fourth-order valence-electron chi connectivity index (χ4n) is 2.07. The van der Waals surface area contributed by atoms with Crippen LogP contribution in [-0.4, -0.2) is 17.3 Å². The Bertz CT molecular complexity index is 353. The van der Waals surface area contributed by atoms with E-state index >= 15 is 0 Å². The minimum atomic E-state index is -0.298. The molecule has 0 aliphatic heterocycles. The smallest absolute Gasteiger partial charge is 0.128 e. The molecule has 15 heavy (non-hydrogen) atoms. The van der Waals surface area contributed by atoms with Crippen molar-refractivity contribution in [2.75, 3.05) is 5.32 Å². The van der Waals surface area contributed by atoms with Crippen LogP contribution < -0.4 is 5.32 Å². The molecular weight excluding hydrogens is 193 g/mol. The molecule has 1 saturated carbocycles. The van der Waals surface area contributed by atoms with Crippen LogP contribution in [0.15, 0.2) is 18.2 Å². The minimum Gasteiger partial charge on any atom is -0.391 e. The molecule has 3 heteroatoms. The third kappa shape index (κ3) is 2.12. The summed E-state index contributed by atoms with van der Waals surface area (Å²) in [6, 6.07) is 5.06. The first-order chi connectivity index (χ1) is 7.18. The Labute approximate surface area is 89.1 Å². The van der Waals surface area contributed by atoms with Gasteiger partial charge in [-0.05, 0) is 38.3 Å². The summed E-state index contributed by atoms with van der Waals surface area (Å²) in [7, 11) is 0. The molecule has 1 aromatic rings. The van der Waals surface area contributed by atoms with Gasteiger partial charge in [-0.3, -0.25) is 0 Å². The number of nitrogens with one attached hydrogen (secondary N) is 1. The van der Waals surface area contributed by atoms with Gasteiger partial charge in [0.05, 0.1) is 12.1 Å². The number of anilines is 1. The zero-order valence-corrected chi connectivity index (χ0v) is 8.83. The molecule has 1 fully saturated rings. The quantitative estimate of drug-likeness (QED) is 0.784. The maximum atomic E-state index is 13.2. The van der Waals surface area contributed by atoms with E-state index in [9.17, 15) is 9.50 Å². The van der Waals surface area contributed by atoms with E-state index in [-0.39, 0.29) is 18.0 Å². The Morgan fingerprint density at radius 3 is 2.87 bits per heavy atom. The molecule has 2 N–H and O–H groups in total. The predicted octanol–water partition coefficient (Wildman–Crippen LogP) is 2.46. The molecular formula is C12H16FNO. The second kappa shape index (κ2) is 4.19. The first-order valence-corrected chi connectivity index (χ1v) is 5.38. The molecule has 2 nitrogen and oxygen atoms in total. The summed E-state index contributed by atoms with van der Waals surface area (Å²) in [5, 5.41) is 12.9. The number of aliphatic hydroxyl groups excluding tert-OH is 1. The molecule has 0 radical (unpaired) electrons. The Morgan fingerprint density at radius 2 is 2.20 bits per heavy atom. The van der Waals surface area contributed by atoms with Crippen molar-refractivity contribution in [1.82, 2.24) is 0 Å². The van der Waals surface area contributed by atoms with E-state index in [1.807, 2.05) is 6.07 Å². The zero-order chi connectivity index (χ0) is 10.8. The van der Waals surface area contributed by atoms with E-state index in [0.717, 1.165) is 24.9 Å². The maximum absolute atomic E-state index is 13.2. The lowest BCUT2D eigenvalue weighted by molar-refractivity contribution is 0.172. The lowest BCUT2D eigenvalue weighted by Crippen LogP contribution is -2.28. The highest BCUT2D eigenvalue weighted by Crippen LogP contribution is 2.25. The summed E-state index contributed by atoms with van der Waals surface area (Å²) in [5.41, 5.74) is 1.41. The van der Waals surface area contributed by atoms with Crippen LogP contribution in [-0.2, 0) is 0 Å². The number of benzene rings is 1. The summed E-state index contributed by atoms with van der Waals surface area (Å²) in [6.45, 7) is 1.75. The van der Waals surface area contributed by atoms with Gasteiger partial charge in [-0.2, -0.15) is 0 Å². The van der Waals surface area contributed by atoms with Crippen molar-refractivity contribution in [1.29, 1.82) is 0 Å². The highest BCUT2D eigenvalue weighted by Gasteiger charge is 2.25. The summed E-state index contributed by atoms with van der Waals surface area (Å²) in [5.74, 6) is -0.201. The number of hydrogen-bond donors (Lipinski definition) is 2. The second-order valence-corrected chi connectivity index (χ2v) is 4.16. The van der Waals surface area contributed by atoms with Crippen molar-refractivity contribution in [3.63, 3.8) is 0 Å². The van der Waals surface area contributed by atoms with Gasteiger partial charge >= 0.3 is 0 Å². The highest BCUT2D eigenvalue weighted by molar-refractivity contribution is 5.51. The van der Waals surface area contributed by atoms with Crippen LogP contribution in [0, 0.1) is 12.7 Å². The van der Waals surface area contributed by atoms with Gasteiger partial charge in [-0.1, -0.05) is 6.07 Å². The van der Waals surface area contributed by atoms with Crippen LogP contribution in [0.4, 0.5) is 10.1 Å². The molecule has 0 saturated heterocycles. The Kier molecular flexibility index (Phi) is 2.91. The molecule has 1 aliphatic rings. The normalized spacial score (nSPS) is 25.5. The maximum Gasteiger partial charge on any atom is 0.128 e. The number of halogens is 1. The third-order valence-electron chi connectivity index (χ3n) is 3.09. The molecule has 0 heterocycles. The highest BCUT2D eigenvalue weighted by atomic mass is 19.1. The van der Waals surface area contributed by atoms with Crippen molar-refractivity contribution in [2.24, 2.45) is 0 Å². The monoisotopic (exact) mass is 209 g/mol. The van der Waals surface area contributed by atoms with Gasteiger partial charge in [-0.15, -0.1) is 0 Å².